The molecular weight excluding hydrogens is 176 g/mol. The Morgan fingerprint density at radius 1 is 1.58 bits per heavy atom. The van der Waals surface area contributed by atoms with Crippen LogP contribution >= 0.6 is 11.6 Å². The molecule has 1 aromatic heterocycles. The van der Waals surface area contributed by atoms with E-state index in [0.717, 1.165) is 18.9 Å². The molecule has 2 rings (SSSR count). The highest BCUT2D eigenvalue weighted by molar-refractivity contribution is 6.33. The molecule has 0 amide bonds. The maximum atomic E-state index is 5.91. The fourth-order valence-corrected chi connectivity index (χ4v) is 1.18. The molecule has 1 aliphatic rings. The van der Waals surface area contributed by atoms with Gasteiger partial charge in [-0.05, 0) is 6.07 Å². The normalized spacial score (nSPS) is 17.1. The summed E-state index contributed by atoms with van der Waals surface area (Å²) in [4.78, 5) is 3.97. The molecule has 1 aliphatic heterocycles. The molecular formula is C8H9ClN2O. The van der Waals surface area contributed by atoms with E-state index in [2.05, 4.69) is 10.3 Å². The summed E-state index contributed by atoms with van der Waals surface area (Å²) in [5.74, 6) is 0. The van der Waals surface area contributed by atoms with E-state index in [-0.39, 0.29) is 0 Å². The lowest BCUT2D eigenvalue weighted by Crippen LogP contribution is -2.40. The minimum absolute atomic E-state index is 0.395. The van der Waals surface area contributed by atoms with Gasteiger partial charge in [-0.2, -0.15) is 0 Å². The molecule has 0 aromatic carbocycles. The Morgan fingerprint density at radius 2 is 2.42 bits per heavy atom. The molecule has 2 heterocycles. The SMILES string of the molecule is Clc1ccncc1NC1COC1. The predicted octanol–water partition coefficient (Wildman–Crippen LogP) is 1.55. The summed E-state index contributed by atoms with van der Waals surface area (Å²) in [6.45, 7) is 1.51. The van der Waals surface area contributed by atoms with Crippen LogP contribution in [0.3, 0.4) is 0 Å². The summed E-state index contributed by atoms with van der Waals surface area (Å²) in [6, 6.07) is 2.16. The predicted molar refractivity (Wildman–Crippen MR) is 47.5 cm³/mol. The van der Waals surface area contributed by atoms with Crippen molar-refractivity contribution in [2.45, 2.75) is 6.04 Å². The molecule has 0 aliphatic carbocycles. The Hall–Kier alpha value is -0.800. The first-order valence-electron chi connectivity index (χ1n) is 3.80. The first kappa shape index (κ1) is 7.83. The Labute approximate surface area is 75.7 Å². The van der Waals surface area contributed by atoms with Crippen LogP contribution in [0.2, 0.25) is 5.02 Å². The van der Waals surface area contributed by atoms with Crippen molar-refractivity contribution in [1.29, 1.82) is 0 Å². The van der Waals surface area contributed by atoms with Gasteiger partial charge in [0.05, 0.1) is 36.2 Å². The van der Waals surface area contributed by atoms with Gasteiger partial charge in [0.2, 0.25) is 0 Å². The van der Waals surface area contributed by atoms with Gasteiger partial charge >= 0.3 is 0 Å². The van der Waals surface area contributed by atoms with Crippen molar-refractivity contribution in [2.24, 2.45) is 0 Å². The number of hydrogen-bond acceptors (Lipinski definition) is 3. The van der Waals surface area contributed by atoms with Crippen molar-refractivity contribution in [3.05, 3.63) is 23.5 Å². The molecule has 0 atom stereocenters. The van der Waals surface area contributed by atoms with Gasteiger partial charge in [-0.25, -0.2) is 0 Å². The molecule has 0 spiro atoms. The fraction of sp³-hybridized carbons (Fsp3) is 0.375. The number of anilines is 1. The number of aromatic nitrogens is 1. The van der Waals surface area contributed by atoms with E-state index in [4.69, 9.17) is 16.3 Å². The van der Waals surface area contributed by atoms with Crippen LogP contribution in [0.25, 0.3) is 0 Å². The van der Waals surface area contributed by atoms with Crippen LogP contribution in [0, 0.1) is 0 Å². The van der Waals surface area contributed by atoms with Crippen LogP contribution in [0.5, 0.6) is 0 Å². The minimum Gasteiger partial charge on any atom is -0.377 e. The highest BCUT2D eigenvalue weighted by Crippen LogP contribution is 2.21. The Bertz CT molecular complexity index is 276. The highest BCUT2D eigenvalue weighted by atomic mass is 35.5. The Balaban J connectivity index is 2.06. The van der Waals surface area contributed by atoms with Gasteiger partial charge < -0.3 is 10.1 Å². The number of ether oxygens (including phenoxy) is 1. The number of hydrogen-bond donors (Lipinski definition) is 1. The minimum atomic E-state index is 0.395. The number of nitrogens with one attached hydrogen (secondary N) is 1. The van der Waals surface area contributed by atoms with E-state index in [1.807, 2.05) is 0 Å². The van der Waals surface area contributed by atoms with Gasteiger partial charge in [0.15, 0.2) is 0 Å². The zero-order chi connectivity index (χ0) is 8.39. The van der Waals surface area contributed by atoms with E-state index in [0.29, 0.717) is 11.1 Å². The van der Waals surface area contributed by atoms with Crippen LogP contribution in [0.1, 0.15) is 0 Å². The van der Waals surface area contributed by atoms with E-state index in [1.54, 1.807) is 18.5 Å². The zero-order valence-electron chi connectivity index (χ0n) is 6.46. The van der Waals surface area contributed by atoms with Crippen LogP contribution in [0.4, 0.5) is 5.69 Å². The summed E-state index contributed by atoms with van der Waals surface area (Å²) in [7, 11) is 0. The van der Waals surface area contributed by atoms with Crippen LogP contribution in [-0.4, -0.2) is 24.2 Å². The molecule has 0 bridgehead atoms. The second-order valence-corrected chi connectivity index (χ2v) is 3.14. The van der Waals surface area contributed by atoms with Gasteiger partial charge in [-0.1, -0.05) is 11.6 Å². The fourth-order valence-electron chi connectivity index (χ4n) is 1.02. The summed E-state index contributed by atoms with van der Waals surface area (Å²) in [5.41, 5.74) is 0.882. The van der Waals surface area contributed by atoms with E-state index >= 15 is 0 Å². The topological polar surface area (TPSA) is 34.2 Å². The van der Waals surface area contributed by atoms with Crippen molar-refractivity contribution in [3.8, 4) is 0 Å². The van der Waals surface area contributed by atoms with E-state index in [9.17, 15) is 0 Å². The molecule has 0 saturated carbocycles. The molecule has 4 heteroatoms. The molecule has 12 heavy (non-hydrogen) atoms. The second kappa shape index (κ2) is 3.29. The molecule has 3 nitrogen and oxygen atoms in total. The number of rotatable bonds is 2. The van der Waals surface area contributed by atoms with Crippen molar-refractivity contribution < 1.29 is 4.74 Å². The third-order valence-electron chi connectivity index (χ3n) is 1.77. The third-order valence-corrected chi connectivity index (χ3v) is 2.10. The van der Waals surface area contributed by atoms with Crippen LogP contribution in [-0.2, 0) is 4.74 Å². The number of nitrogens with zero attached hydrogens (tertiary/aromatic N) is 1. The first-order chi connectivity index (χ1) is 5.86. The Kier molecular flexibility index (Phi) is 2.15. The summed E-state index contributed by atoms with van der Waals surface area (Å²) < 4.78 is 5.02. The van der Waals surface area contributed by atoms with Gasteiger partial charge in [0, 0.05) is 6.20 Å². The average molecular weight is 185 g/mol. The first-order valence-corrected chi connectivity index (χ1v) is 4.18. The molecule has 1 N–H and O–H groups in total. The van der Waals surface area contributed by atoms with E-state index in [1.165, 1.54) is 0 Å². The third kappa shape index (κ3) is 1.52. The maximum Gasteiger partial charge on any atom is 0.0729 e. The van der Waals surface area contributed by atoms with Crippen molar-refractivity contribution in [2.75, 3.05) is 18.5 Å². The molecule has 1 saturated heterocycles. The maximum absolute atomic E-state index is 5.91. The van der Waals surface area contributed by atoms with Crippen molar-refractivity contribution >= 4 is 17.3 Å². The summed E-state index contributed by atoms with van der Waals surface area (Å²) >= 11 is 5.91. The standard InChI is InChI=1S/C8H9ClN2O/c9-7-1-2-10-3-8(7)11-6-4-12-5-6/h1-3,6,11H,4-5H2. The summed E-state index contributed by atoms with van der Waals surface area (Å²) in [5, 5.41) is 3.93. The highest BCUT2D eigenvalue weighted by Gasteiger charge is 2.18. The van der Waals surface area contributed by atoms with Gasteiger partial charge in [-0.15, -0.1) is 0 Å². The van der Waals surface area contributed by atoms with Gasteiger partial charge in [-0.3, -0.25) is 4.98 Å². The number of halogens is 1. The largest absolute Gasteiger partial charge is 0.377 e. The molecule has 0 unspecified atom stereocenters. The zero-order valence-corrected chi connectivity index (χ0v) is 7.21. The van der Waals surface area contributed by atoms with Crippen molar-refractivity contribution in [3.63, 3.8) is 0 Å². The Morgan fingerprint density at radius 3 is 3.00 bits per heavy atom. The van der Waals surface area contributed by atoms with Gasteiger partial charge in [0.25, 0.3) is 0 Å². The van der Waals surface area contributed by atoms with Crippen molar-refractivity contribution in [1.82, 2.24) is 4.98 Å². The molecule has 1 aromatic rings. The summed E-state index contributed by atoms with van der Waals surface area (Å²) in [6.07, 6.45) is 3.39. The van der Waals surface area contributed by atoms with E-state index < -0.39 is 0 Å². The lowest BCUT2D eigenvalue weighted by molar-refractivity contribution is 0.0211. The quantitative estimate of drug-likeness (QED) is 0.757. The lowest BCUT2D eigenvalue weighted by atomic mass is 10.2. The van der Waals surface area contributed by atoms with Gasteiger partial charge in [0.1, 0.15) is 0 Å². The lowest BCUT2D eigenvalue weighted by Gasteiger charge is -2.27. The second-order valence-electron chi connectivity index (χ2n) is 2.73. The monoisotopic (exact) mass is 184 g/mol. The van der Waals surface area contributed by atoms with Crippen LogP contribution < -0.4 is 5.32 Å². The van der Waals surface area contributed by atoms with Crippen LogP contribution in [0.15, 0.2) is 18.5 Å². The molecule has 1 fully saturated rings. The molecule has 64 valence electrons. The number of pyridine rings is 1. The molecule has 0 radical (unpaired) electrons. The average Bonchev–Trinajstić information content (AvgIpc) is 2.00. The smallest absolute Gasteiger partial charge is 0.0729 e.